The summed E-state index contributed by atoms with van der Waals surface area (Å²) in [4.78, 5) is 1.38. The topological polar surface area (TPSA) is 38.0 Å². The molecule has 0 amide bonds. The van der Waals surface area contributed by atoms with Crippen molar-refractivity contribution in [2.45, 2.75) is 13.5 Å². The molecule has 2 rings (SSSR count). The van der Waals surface area contributed by atoms with E-state index in [2.05, 4.69) is 46.3 Å². The van der Waals surface area contributed by atoms with Crippen molar-refractivity contribution in [2.75, 3.05) is 11.1 Å². The van der Waals surface area contributed by atoms with Crippen molar-refractivity contribution >= 4 is 45.3 Å². The summed E-state index contributed by atoms with van der Waals surface area (Å²) in [5.74, 6) is 0. The number of hydrogen-bond donors (Lipinski definition) is 2. The van der Waals surface area contributed by atoms with Crippen LogP contribution >= 0.6 is 33.9 Å². The van der Waals surface area contributed by atoms with Crippen LogP contribution in [0.4, 0.5) is 11.4 Å². The Labute approximate surface area is 113 Å². The number of thiophene rings is 1. The van der Waals surface area contributed by atoms with Crippen LogP contribution in [-0.4, -0.2) is 0 Å². The number of nitrogens with two attached hydrogens (primary N) is 1. The molecule has 0 unspecified atom stereocenters. The Morgan fingerprint density at radius 1 is 1.38 bits per heavy atom. The fraction of sp³-hybridized carbons (Fsp3) is 0.167. The first kappa shape index (κ1) is 11.7. The van der Waals surface area contributed by atoms with Gasteiger partial charge in [-0.2, -0.15) is 0 Å². The molecule has 3 N–H and O–H groups in total. The summed E-state index contributed by atoms with van der Waals surface area (Å²) in [5, 5.41) is 5.56. The molecule has 1 heterocycles. The Bertz CT molecular complexity index is 494. The smallest absolute Gasteiger partial charge is 0.0497 e. The molecular formula is C12H13IN2S. The van der Waals surface area contributed by atoms with E-state index >= 15 is 0 Å². The maximum atomic E-state index is 5.71. The Morgan fingerprint density at radius 3 is 2.81 bits per heavy atom. The number of hydrogen-bond acceptors (Lipinski definition) is 3. The molecule has 1 aromatic carbocycles. The number of nitrogens with one attached hydrogen (secondary N) is 1. The lowest BCUT2D eigenvalue weighted by Gasteiger charge is -2.08. The minimum Gasteiger partial charge on any atom is -0.399 e. The number of nitrogen functional groups attached to an aromatic ring is 1. The Morgan fingerprint density at radius 2 is 2.19 bits per heavy atom. The molecule has 0 aliphatic rings. The molecule has 0 saturated heterocycles. The van der Waals surface area contributed by atoms with Crippen LogP contribution in [0.25, 0.3) is 0 Å². The highest BCUT2D eigenvalue weighted by atomic mass is 127. The standard InChI is InChI=1S/C12H13IN2S/c1-8-4-5-16-12(8)7-15-11-3-2-9(14)6-10(11)13/h2-6,15H,7,14H2,1H3. The van der Waals surface area contributed by atoms with Crippen molar-refractivity contribution in [1.82, 2.24) is 0 Å². The molecule has 0 aliphatic carbocycles. The molecule has 0 aliphatic heterocycles. The summed E-state index contributed by atoms with van der Waals surface area (Å²) < 4.78 is 1.16. The van der Waals surface area contributed by atoms with Crippen LogP contribution in [-0.2, 0) is 6.54 Å². The molecule has 0 bridgehead atoms. The van der Waals surface area contributed by atoms with E-state index in [0.717, 1.165) is 21.5 Å². The van der Waals surface area contributed by atoms with Crippen LogP contribution in [0, 0.1) is 10.5 Å². The van der Waals surface area contributed by atoms with E-state index in [1.807, 2.05) is 18.2 Å². The van der Waals surface area contributed by atoms with Gasteiger partial charge in [-0.1, -0.05) is 0 Å². The molecule has 0 atom stereocenters. The average Bonchev–Trinajstić information content (AvgIpc) is 2.63. The van der Waals surface area contributed by atoms with Crippen LogP contribution in [0.2, 0.25) is 0 Å². The second-order valence-corrected chi connectivity index (χ2v) is 5.78. The maximum Gasteiger partial charge on any atom is 0.0497 e. The van der Waals surface area contributed by atoms with Crippen LogP contribution in [0.15, 0.2) is 29.6 Å². The van der Waals surface area contributed by atoms with Gasteiger partial charge >= 0.3 is 0 Å². The van der Waals surface area contributed by atoms with Crippen molar-refractivity contribution in [2.24, 2.45) is 0 Å². The lowest BCUT2D eigenvalue weighted by molar-refractivity contribution is 1.16. The first-order valence-corrected chi connectivity index (χ1v) is 6.94. The van der Waals surface area contributed by atoms with E-state index < -0.39 is 0 Å². The molecule has 2 nitrogen and oxygen atoms in total. The second kappa shape index (κ2) is 5.05. The third-order valence-electron chi connectivity index (χ3n) is 2.40. The highest BCUT2D eigenvalue weighted by molar-refractivity contribution is 14.1. The molecule has 84 valence electrons. The lowest BCUT2D eigenvalue weighted by Crippen LogP contribution is -2.01. The highest BCUT2D eigenvalue weighted by Gasteiger charge is 2.02. The fourth-order valence-corrected chi connectivity index (χ4v) is 3.01. The predicted octanol–water partition coefficient (Wildman–Crippen LogP) is 3.86. The summed E-state index contributed by atoms with van der Waals surface area (Å²) in [5.41, 5.74) is 9.01. The largest absolute Gasteiger partial charge is 0.399 e. The number of rotatable bonds is 3. The highest BCUT2D eigenvalue weighted by Crippen LogP contribution is 2.23. The van der Waals surface area contributed by atoms with E-state index in [0.29, 0.717) is 0 Å². The van der Waals surface area contributed by atoms with Crippen molar-refractivity contribution in [3.63, 3.8) is 0 Å². The summed E-state index contributed by atoms with van der Waals surface area (Å²) in [6.45, 7) is 3.02. The maximum absolute atomic E-state index is 5.71. The number of benzene rings is 1. The molecule has 16 heavy (non-hydrogen) atoms. The van der Waals surface area contributed by atoms with E-state index in [4.69, 9.17) is 5.73 Å². The van der Waals surface area contributed by atoms with Crippen LogP contribution in [0.3, 0.4) is 0 Å². The molecule has 0 radical (unpaired) electrons. The third-order valence-corrected chi connectivity index (χ3v) is 4.32. The quantitative estimate of drug-likeness (QED) is 0.656. The van der Waals surface area contributed by atoms with Gasteiger partial charge in [0, 0.05) is 26.4 Å². The molecule has 0 spiro atoms. The van der Waals surface area contributed by atoms with Crippen LogP contribution in [0.5, 0.6) is 0 Å². The molecule has 4 heteroatoms. The van der Waals surface area contributed by atoms with Gasteiger partial charge in [0.1, 0.15) is 0 Å². The van der Waals surface area contributed by atoms with E-state index in [-0.39, 0.29) is 0 Å². The molecule has 0 fully saturated rings. The minimum atomic E-state index is 0.808. The van der Waals surface area contributed by atoms with Gasteiger partial charge in [-0.05, 0) is 64.7 Å². The zero-order valence-electron chi connectivity index (χ0n) is 8.96. The molecule has 2 aromatic rings. The van der Waals surface area contributed by atoms with E-state index in [1.54, 1.807) is 11.3 Å². The number of halogens is 1. The van der Waals surface area contributed by atoms with Gasteiger partial charge in [-0.25, -0.2) is 0 Å². The monoisotopic (exact) mass is 344 g/mol. The van der Waals surface area contributed by atoms with Gasteiger partial charge in [0.25, 0.3) is 0 Å². The summed E-state index contributed by atoms with van der Waals surface area (Å²) >= 11 is 4.08. The van der Waals surface area contributed by atoms with Crippen molar-refractivity contribution in [1.29, 1.82) is 0 Å². The molecule has 0 saturated carbocycles. The summed E-state index contributed by atoms with van der Waals surface area (Å²) in [7, 11) is 0. The van der Waals surface area contributed by atoms with Crippen molar-refractivity contribution < 1.29 is 0 Å². The van der Waals surface area contributed by atoms with Crippen LogP contribution in [0.1, 0.15) is 10.4 Å². The second-order valence-electron chi connectivity index (χ2n) is 3.62. The first-order chi connectivity index (χ1) is 7.66. The Balaban J connectivity index is 2.08. The SMILES string of the molecule is Cc1ccsc1CNc1ccc(N)cc1I. The van der Waals surface area contributed by atoms with Gasteiger partial charge in [0.2, 0.25) is 0 Å². The summed E-state index contributed by atoms with van der Waals surface area (Å²) in [6, 6.07) is 8.08. The van der Waals surface area contributed by atoms with Gasteiger partial charge in [0.05, 0.1) is 0 Å². The normalized spacial score (nSPS) is 10.4. The molecule has 1 aromatic heterocycles. The lowest BCUT2D eigenvalue weighted by atomic mass is 10.2. The number of aryl methyl sites for hydroxylation is 1. The van der Waals surface area contributed by atoms with Gasteiger partial charge < -0.3 is 11.1 Å². The summed E-state index contributed by atoms with van der Waals surface area (Å²) in [6.07, 6.45) is 0. The van der Waals surface area contributed by atoms with Gasteiger partial charge in [-0.15, -0.1) is 11.3 Å². The van der Waals surface area contributed by atoms with Crippen molar-refractivity contribution in [3.05, 3.63) is 43.7 Å². The van der Waals surface area contributed by atoms with Gasteiger partial charge in [-0.3, -0.25) is 0 Å². The zero-order chi connectivity index (χ0) is 11.5. The molecular weight excluding hydrogens is 331 g/mol. The first-order valence-electron chi connectivity index (χ1n) is 4.98. The Kier molecular flexibility index (Phi) is 3.70. The minimum absolute atomic E-state index is 0.808. The fourth-order valence-electron chi connectivity index (χ4n) is 1.44. The zero-order valence-corrected chi connectivity index (χ0v) is 11.9. The number of anilines is 2. The Hall–Kier alpha value is -0.750. The predicted molar refractivity (Wildman–Crippen MR) is 80.0 cm³/mol. The van der Waals surface area contributed by atoms with E-state index in [9.17, 15) is 0 Å². The van der Waals surface area contributed by atoms with Crippen LogP contribution < -0.4 is 11.1 Å². The van der Waals surface area contributed by atoms with E-state index in [1.165, 1.54) is 10.4 Å². The average molecular weight is 344 g/mol. The third kappa shape index (κ3) is 2.68. The van der Waals surface area contributed by atoms with Crippen molar-refractivity contribution in [3.8, 4) is 0 Å². The van der Waals surface area contributed by atoms with Gasteiger partial charge in [0.15, 0.2) is 0 Å².